The topological polar surface area (TPSA) is 55.8 Å². The molecule has 0 aromatic carbocycles. The highest BCUT2D eigenvalue weighted by molar-refractivity contribution is 5.69. The highest BCUT2D eigenvalue weighted by Gasteiger charge is 2.14. The second kappa shape index (κ2) is 35.2. The van der Waals surface area contributed by atoms with Crippen LogP contribution in [0.3, 0.4) is 0 Å². The van der Waals surface area contributed by atoms with Crippen LogP contribution in [0.2, 0.25) is 0 Å². The van der Waals surface area contributed by atoms with E-state index in [-0.39, 0.29) is 18.0 Å². The smallest absolute Gasteiger partial charge is 0.306 e. The largest absolute Gasteiger partial charge is 0.466 e. The van der Waals surface area contributed by atoms with E-state index >= 15 is 0 Å². The number of esters is 2. The van der Waals surface area contributed by atoms with Crippen molar-refractivity contribution in [2.24, 2.45) is 5.92 Å². The summed E-state index contributed by atoms with van der Waals surface area (Å²) in [5.41, 5.74) is 0. The van der Waals surface area contributed by atoms with E-state index in [0.29, 0.717) is 19.4 Å². The Hall–Kier alpha value is -1.10. The first kappa shape index (κ1) is 44.9. The SMILES string of the molecule is CCCCCC(CCCCC)OC(=O)CCCCCCCN(CCC)CCCCCCCC(=O)OCCC(CCCC)CCCC. The fourth-order valence-corrected chi connectivity index (χ4v) is 6.50. The van der Waals surface area contributed by atoms with E-state index in [1.54, 1.807) is 0 Å². The number of hydrogen-bond acceptors (Lipinski definition) is 5. The van der Waals surface area contributed by atoms with Gasteiger partial charge in [-0.2, -0.15) is 0 Å². The second-order valence-electron chi connectivity index (χ2n) is 14.1. The molecule has 0 bridgehead atoms. The summed E-state index contributed by atoms with van der Waals surface area (Å²) in [6, 6.07) is 0. The predicted octanol–water partition coefficient (Wildman–Crippen LogP) is 12.4. The molecule has 0 heterocycles. The molecule has 274 valence electrons. The minimum absolute atomic E-state index is 0.00281. The van der Waals surface area contributed by atoms with Crippen molar-refractivity contribution in [1.82, 2.24) is 4.90 Å². The van der Waals surface area contributed by atoms with Crippen molar-refractivity contribution in [3.63, 3.8) is 0 Å². The van der Waals surface area contributed by atoms with E-state index in [9.17, 15) is 9.59 Å². The van der Waals surface area contributed by atoms with Gasteiger partial charge in [0, 0.05) is 12.8 Å². The molecule has 0 aromatic heterocycles. The van der Waals surface area contributed by atoms with Gasteiger partial charge in [-0.05, 0) is 89.8 Å². The van der Waals surface area contributed by atoms with E-state index < -0.39 is 0 Å². The molecule has 0 aliphatic heterocycles. The van der Waals surface area contributed by atoms with Gasteiger partial charge in [0.25, 0.3) is 0 Å². The molecule has 0 saturated heterocycles. The minimum atomic E-state index is 0.00281. The molecule has 46 heavy (non-hydrogen) atoms. The van der Waals surface area contributed by atoms with Crippen molar-refractivity contribution in [3.8, 4) is 0 Å². The molecule has 0 N–H and O–H groups in total. The molecule has 0 amide bonds. The van der Waals surface area contributed by atoms with Gasteiger partial charge < -0.3 is 14.4 Å². The monoisotopic (exact) mass is 652 g/mol. The summed E-state index contributed by atoms with van der Waals surface area (Å²) in [5.74, 6) is 0.749. The number of nitrogens with zero attached hydrogens (tertiary/aromatic N) is 1. The molecule has 0 rings (SSSR count). The summed E-state index contributed by atoms with van der Waals surface area (Å²) in [7, 11) is 0. The summed E-state index contributed by atoms with van der Waals surface area (Å²) >= 11 is 0. The molecule has 0 aliphatic carbocycles. The molecule has 0 atom stereocenters. The molecule has 0 aliphatic rings. The molecular formula is C41H81NO4. The van der Waals surface area contributed by atoms with Crippen molar-refractivity contribution in [2.45, 2.75) is 221 Å². The zero-order valence-corrected chi connectivity index (χ0v) is 31.9. The molecule has 0 spiro atoms. The molecule has 0 aromatic rings. The van der Waals surface area contributed by atoms with Gasteiger partial charge in [0.05, 0.1) is 6.61 Å². The van der Waals surface area contributed by atoms with Gasteiger partial charge in [0.15, 0.2) is 0 Å². The summed E-state index contributed by atoms with van der Waals surface area (Å²) in [5, 5.41) is 0. The van der Waals surface area contributed by atoms with Crippen LogP contribution in [0.4, 0.5) is 0 Å². The van der Waals surface area contributed by atoms with Gasteiger partial charge in [-0.1, -0.05) is 137 Å². The first-order chi connectivity index (χ1) is 22.5. The van der Waals surface area contributed by atoms with Gasteiger partial charge in [-0.15, -0.1) is 0 Å². The lowest BCUT2D eigenvalue weighted by Crippen LogP contribution is -2.27. The van der Waals surface area contributed by atoms with Gasteiger partial charge in [-0.25, -0.2) is 0 Å². The number of carbonyl (C=O) groups is 2. The van der Waals surface area contributed by atoms with Crippen molar-refractivity contribution in [2.75, 3.05) is 26.2 Å². The van der Waals surface area contributed by atoms with Crippen molar-refractivity contribution >= 4 is 11.9 Å². The number of hydrogen-bond donors (Lipinski definition) is 0. The third-order valence-electron chi connectivity index (χ3n) is 9.53. The standard InChI is InChI=1S/C41H81NO4/c1-6-11-21-29-39(30-22-12-7-2)46-41(44)32-24-18-16-20-26-36-42(34-10-5)35-25-19-15-17-23-31-40(43)45-37-33-38(27-13-8-3)28-14-9-4/h38-39H,6-37H2,1-5H3. The van der Waals surface area contributed by atoms with E-state index in [2.05, 4.69) is 39.5 Å². The van der Waals surface area contributed by atoms with Crippen LogP contribution in [0.5, 0.6) is 0 Å². The Morgan fingerprint density at radius 3 is 1.43 bits per heavy atom. The second-order valence-corrected chi connectivity index (χ2v) is 14.1. The average molecular weight is 652 g/mol. The maximum Gasteiger partial charge on any atom is 0.306 e. The first-order valence-electron chi connectivity index (χ1n) is 20.6. The van der Waals surface area contributed by atoms with Crippen LogP contribution in [0.15, 0.2) is 0 Å². The highest BCUT2D eigenvalue weighted by Crippen LogP contribution is 2.20. The Morgan fingerprint density at radius 1 is 0.457 bits per heavy atom. The van der Waals surface area contributed by atoms with Crippen molar-refractivity contribution in [1.29, 1.82) is 0 Å². The number of rotatable bonds is 36. The number of carbonyl (C=O) groups excluding carboxylic acids is 2. The van der Waals surface area contributed by atoms with E-state index in [1.165, 1.54) is 142 Å². The van der Waals surface area contributed by atoms with Gasteiger partial charge in [-0.3, -0.25) is 9.59 Å². The lowest BCUT2D eigenvalue weighted by Gasteiger charge is -2.21. The molecule has 5 heteroatoms. The minimum Gasteiger partial charge on any atom is -0.466 e. The van der Waals surface area contributed by atoms with E-state index in [1.807, 2.05) is 0 Å². The summed E-state index contributed by atoms with van der Waals surface area (Å²) in [6.07, 6.45) is 32.1. The van der Waals surface area contributed by atoms with E-state index in [4.69, 9.17) is 9.47 Å². The first-order valence-corrected chi connectivity index (χ1v) is 20.6. The Labute approximate surface area is 288 Å². The third kappa shape index (κ3) is 30.2. The van der Waals surface area contributed by atoms with Crippen LogP contribution in [-0.2, 0) is 19.1 Å². The molecule has 0 fully saturated rings. The molecular weight excluding hydrogens is 570 g/mol. The highest BCUT2D eigenvalue weighted by atomic mass is 16.5. The van der Waals surface area contributed by atoms with Crippen LogP contribution in [0, 0.1) is 5.92 Å². The zero-order chi connectivity index (χ0) is 33.9. The van der Waals surface area contributed by atoms with Crippen LogP contribution in [0.1, 0.15) is 214 Å². The van der Waals surface area contributed by atoms with Gasteiger partial charge in [0.2, 0.25) is 0 Å². The number of unbranched alkanes of at least 4 members (excludes halogenated alkanes) is 14. The molecule has 0 radical (unpaired) electrons. The summed E-state index contributed by atoms with van der Waals surface area (Å²) < 4.78 is 11.5. The number of ether oxygens (including phenoxy) is 2. The molecule has 5 nitrogen and oxygen atoms in total. The van der Waals surface area contributed by atoms with E-state index in [0.717, 1.165) is 50.9 Å². The predicted molar refractivity (Wildman–Crippen MR) is 198 cm³/mol. The Kier molecular flexibility index (Phi) is 34.4. The maximum atomic E-state index is 12.4. The summed E-state index contributed by atoms with van der Waals surface area (Å²) in [4.78, 5) is 27.3. The quantitative estimate of drug-likeness (QED) is 0.0498. The normalized spacial score (nSPS) is 11.7. The van der Waals surface area contributed by atoms with Gasteiger partial charge >= 0.3 is 11.9 Å². The summed E-state index contributed by atoms with van der Waals surface area (Å²) in [6.45, 7) is 15.4. The molecule has 0 saturated carbocycles. The van der Waals surface area contributed by atoms with Crippen LogP contribution in [-0.4, -0.2) is 49.2 Å². The van der Waals surface area contributed by atoms with Crippen LogP contribution in [0.25, 0.3) is 0 Å². The fourth-order valence-electron chi connectivity index (χ4n) is 6.50. The lowest BCUT2D eigenvalue weighted by atomic mass is 9.93. The Bertz CT molecular complexity index is 636. The van der Waals surface area contributed by atoms with Crippen molar-refractivity contribution < 1.29 is 19.1 Å². The molecule has 0 unspecified atom stereocenters. The lowest BCUT2D eigenvalue weighted by molar-refractivity contribution is -0.150. The van der Waals surface area contributed by atoms with Crippen molar-refractivity contribution in [3.05, 3.63) is 0 Å². The fraction of sp³-hybridized carbons (Fsp3) is 0.951. The Morgan fingerprint density at radius 2 is 0.935 bits per heavy atom. The van der Waals surface area contributed by atoms with Gasteiger partial charge in [0.1, 0.15) is 6.10 Å². The third-order valence-corrected chi connectivity index (χ3v) is 9.53. The average Bonchev–Trinajstić information content (AvgIpc) is 3.04. The van der Waals surface area contributed by atoms with Crippen LogP contribution >= 0.6 is 0 Å². The Balaban J connectivity index is 3.90. The van der Waals surface area contributed by atoms with Crippen LogP contribution < -0.4 is 0 Å². The maximum absolute atomic E-state index is 12.4. The zero-order valence-electron chi connectivity index (χ0n) is 31.9.